The van der Waals surface area contributed by atoms with E-state index in [0.29, 0.717) is 6.54 Å². The average molecular weight is 291 g/mol. The smallest absolute Gasteiger partial charge is 0.194 e. The van der Waals surface area contributed by atoms with Gasteiger partial charge in [-0.25, -0.2) is 4.98 Å². The molecule has 0 aliphatic carbocycles. The number of aromatic nitrogens is 2. The Morgan fingerprint density at radius 2 is 2.11 bits per heavy atom. The first-order valence-electron chi connectivity index (χ1n) is 6.25. The first-order chi connectivity index (χ1) is 9.02. The number of imidazole rings is 1. The maximum absolute atomic E-state index is 5.99. The Morgan fingerprint density at radius 1 is 1.32 bits per heavy atom. The van der Waals surface area contributed by atoms with Gasteiger partial charge >= 0.3 is 0 Å². The highest BCUT2D eigenvalue weighted by molar-refractivity contribution is 7.16. The van der Waals surface area contributed by atoms with Gasteiger partial charge in [0, 0.05) is 17.3 Å². The molecule has 0 fully saturated rings. The third-order valence-electron chi connectivity index (χ3n) is 3.14. The summed E-state index contributed by atoms with van der Waals surface area (Å²) in [5.41, 5.74) is 9.46. The van der Waals surface area contributed by atoms with Crippen molar-refractivity contribution < 1.29 is 0 Å². The van der Waals surface area contributed by atoms with Gasteiger partial charge in [0.25, 0.3) is 0 Å². The lowest BCUT2D eigenvalue weighted by atomic mass is 9.90. The summed E-state index contributed by atoms with van der Waals surface area (Å²) in [6.07, 6.45) is 0. The summed E-state index contributed by atoms with van der Waals surface area (Å²) in [6.45, 7) is 7.07. The third kappa shape index (κ3) is 2.02. The second-order valence-electron chi connectivity index (χ2n) is 5.58. The zero-order valence-corrected chi connectivity index (χ0v) is 12.9. The van der Waals surface area contributed by atoms with Gasteiger partial charge in [-0.05, 0) is 11.4 Å². The van der Waals surface area contributed by atoms with Crippen molar-refractivity contribution >= 4 is 27.6 Å². The lowest BCUT2D eigenvalue weighted by molar-refractivity contribution is 0.564. The Kier molecular flexibility index (Phi) is 3.00. The van der Waals surface area contributed by atoms with E-state index in [4.69, 9.17) is 10.7 Å². The molecule has 3 aromatic heterocycles. The number of fused-ring (bicyclic) bond motifs is 1. The second-order valence-corrected chi connectivity index (χ2v) is 7.36. The van der Waals surface area contributed by atoms with Gasteiger partial charge in [-0.15, -0.1) is 22.7 Å². The molecule has 0 spiro atoms. The standard InChI is InChI=1S/C14H17N3S2/c1-14(2,3)12-9(7-15)17-10(8-19-13(17)16-12)11-5-4-6-18-11/h4-6,8H,7,15H2,1-3H3. The minimum atomic E-state index is 0.0210. The van der Waals surface area contributed by atoms with E-state index in [1.807, 2.05) is 0 Å². The lowest BCUT2D eigenvalue weighted by Crippen LogP contribution is -2.17. The number of thiophene rings is 1. The van der Waals surface area contributed by atoms with Crippen LogP contribution in [0, 0.1) is 0 Å². The van der Waals surface area contributed by atoms with Gasteiger partial charge in [-0.2, -0.15) is 0 Å². The molecule has 5 heteroatoms. The fourth-order valence-electron chi connectivity index (χ4n) is 2.30. The summed E-state index contributed by atoms with van der Waals surface area (Å²) in [5.74, 6) is 0. The molecular formula is C14H17N3S2. The van der Waals surface area contributed by atoms with E-state index >= 15 is 0 Å². The molecule has 3 heterocycles. The van der Waals surface area contributed by atoms with E-state index in [2.05, 4.69) is 48.1 Å². The molecule has 0 aliphatic heterocycles. The van der Waals surface area contributed by atoms with Crippen LogP contribution >= 0.6 is 22.7 Å². The Morgan fingerprint density at radius 3 is 2.68 bits per heavy atom. The van der Waals surface area contributed by atoms with Crippen LogP contribution in [0.1, 0.15) is 32.2 Å². The molecule has 19 heavy (non-hydrogen) atoms. The fraction of sp³-hybridized carbons (Fsp3) is 0.357. The molecule has 0 atom stereocenters. The lowest BCUT2D eigenvalue weighted by Gasteiger charge is -2.17. The molecule has 3 aromatic rings. The van der Waals surface area contributed by atoms with E-state index in [-0.39, 0.29) is 5.41 Å². The van der Waals surface area contributed by atoms with Crippen molar-refractivity contribution in [1.82, 2.24) is 9.38 Å². The average Bonchev–Trinajstić information content (AvgIpc) is 3.02. The van der Waals surface area contributed by atoms with Gasteiger partial charge in [0.1, 0.15) is 0 Å². The number of hydrogen-bond acceptors (Lipinski definition) is 4. The van der Waals surface area contributed by atoms with Crippen LogP contribution < -0.4 is 5.73 Å². The Bertz CT molecular complexity index is 699. The summed E-state index contributed by atoms with van der Waals surface area (Å²) in [4.78, 5) is 7.09. The van der Waals surface area contributed by atoms with Gasteiger partial charge in [0.15, 0.2) is 4.96 Å². The number of hydrogen-bond donors (Lipinski definition) is 1. The largest absolute Gasteiger partial charge is 0.325 e. The molecule has 100 valence electrons. The Labute approximate surface area is 120 Å². The molecule has 0 radical (unpaired) electrons. The van der Waals surface area contributed by atoms with Crippen LogP contribution in [0.5, 0.6) is 0 Å². The van der Waals surface area contributed by atoms with Crippen LogP contribution in [0.2, 0.25) is 0 Å². The van der Waals surface area contributed by atoms with Crippen LogP contribution in [0.4, 0.5) is 0 Å². The summed E-state index contributed by atoms with van der Waals surface area (Å²) in [5, 5.41) is 4.27. The highest BCUT2D eigenvalue weighted by Crippen LogP contribution is 2.34. The van der Waals surface area contributed by atoms with Crippen molar-refractivity contribution in [2.75, 3.05) is 0 Å². The quantitative estimate of drug-likeness (QED) is 0.778. The number of nitrogens with two attached hydrogens (primary N) is 1. The zero-order valence-electron chi connectivity index (χ0n) is 11.3. The number of nitrogens with zero attached hydrogens (tertiary/aromatic N) is 2. The van der Waals surface area contributed by atoms with Gasteiger partial charge in [0.05, 0.1) is 22.0 Å². The van der Waals surface area contributed by atoms with Crippen molar-refractivity contribution in [1.29, 1.82) is 0 Å². The summed E-state index contributed by atoms with van der Waals surface area (Å²) < 4.78 is 2.22. The summed E-state index contributed by atoms with van der Waals surface area (Å²) >= 11 is 3.43. The van der Waals surface area contributed by atoms with Crippen LogP contribution in [0.15, 0.2) is 22.9 Å². The van der Waals surface area contributed by atoms with Gasteiger partial charge < -0.3 is 5.73 Å². The highest BCUT2D eigenvalue weighted by Gasteiger charge is 2.25. The number of thiazole rings is 1. The predicted octanol–water partition coefficient (Wildman–Crippen LogP) is 3.88. The molecule has 0 saturated heterocycles. The molecule has 0 bridgehead atoms. The fourth-order valence-corrected chi connectivity index (χ4v) is 4.02. The van der Waals surface area contributed by atoms with E-state index in [1.54, 1.807) is 22.7 Å². The number of rotatable bonds is 2. The predicted molar refractivity (Wildman–Crippen MR) is 83.0 cm³/mol. The summed E-state index contributed by atoms with van der Waals surface area (Å²) in [7, 11) is 0. The SMILES string of the molecule is CC(C)(C)c1nc2scc(-c3cccs3)n2c1CN. The van der Waals surface area contributed by atoms with Gasteiger partial charge in [-0.1, -0.05) is 26.8 Å². The van der Waals surface area contributed by atoms with Gasteiger partial charge in [0.2, 0.25) is 0 Å². The maximum atomic E-state index is 5.99. The van der Waals surface area contributed by atoms with E-state index in [0.717, 1.165) is 16.3 Å². The normalized spacial score (nSPS) is 12.4. The molecule has 0 aromatic carbocycles. The molecule has 0 aliphatic rings. The Hall–Kier alpha value is -1.17. The third-order valence-corrected chi connectivity index (χ3v) is 4.85. The van der Waals surface area contributed by atoms with Crippen LogP contribution in [-0.4, -0.2) is 9.38 Å². The van der Waals surface area contributed by atoms with Crippen molar-refractivity contribution in [2.24, 2.45) is 5.73 Å². The van der Waals surface area contributed by atoms with Crippen molar-refractivity contribution in [3.05, 3.63) is 34.3 Å². The molecule has 0 saturated carbocycles. The van der Waals surface area contributed by atoms with Crippen molar-refractivity contribution in [3.8, 4) is 10.6 Å². The van der Waals surface area contributed by atoms with E-state index in [9.17, 15) is 0 Å². The monoisotopic (exact) mass is 291 g/mol. The molecule has 0 unspecified atom stereocenters. The van der Waals surface area contributed by atoms with E-state index in [1.165, 1.54) is 10.6 Å². The summed E-state index contributed by atoms with van der Waals surface area (Å²) in [6, 6.07) is 4.22. The molecular weight excluding hydrogens is 274 g/mol. The first-order valence-corrected chi connectivity index (χ1v) is 8.01. The highest BCUT2D eigenvalue weighted by atomic mass is 32.1. The van der Waals surface area contributed by atoms with Crippen molar-refractivity contribution in [2.45, 2.75) is 32.7 Å². The molecule has 3 nitrogen and oxygen atoms in total. The zero-order chi connectivity index (χ0) is 13.6. The molecule has 3 rings (SSSR count). The Balaban J connectivity index is 2.30. The molecule has 0 amide bonds. The van der Waals surface area contributed by atoms with Crippen LogP contribution in [0.3, 0.4) is 0 Å². The first kappa shape index (κ1) is 12.8. The minimum absolute atomic E-state index is 0.0210. The van der Waals surface area contributed by atoms with E-state index < -0.39 is 0 Å². The van der Waals surface area contributed by atoms with Crippen LogP contribution in [0.25, 0.3) is 15.5 Å². The minimum Gasteiger partial charge on any atom is -0.325 e. The topological polar surface area (TPSA) is 43.3 Å². The van der Waals surface area contributed by atoms with Crippen LogP contribution in [-0.2, 0) is 12.0 Å². The molecule has 2 N–H and O–H groups in total. The second kappa shape index (κ2) is 4.44. The maximum Gasteiger partial charge on any atom is 0.194 e. The van der Waals surface area contributed by atoms with Crippen molar-refractivity contribution in [3.63, 3.8) is 0 Å². The van der Waals surface area contributed by atoms with Gasteiger partial charge in [-0.3, -0.25) is 4.40 Å².